The van der Waals surface area contributed by atoms with Crippen LogP contribution in [0.1, 0.15) is 5.56 Å². The minimum absolute atomic E-state index is 0.402. The molecule has 0 bridgehead atoms. The van der Waals surface area contributed by atoms with Gasteiger partial charge >= 0.3 is 0 Å². The van der Waals surface area contributed by atoms with E-state index >= 15 is 0 Å². The number of hydrogen-bond acceptors (Lipinski definition) is 4. The first kappa shape index (κ1) is 13.1. The Morgan fingerprint density at radius 3 is 2.39 bits per heavy atom. The number of rotatable bonds is 3. The number of nitrogens with one attached hydrogen (secondary N) is 1. The molecular weight excluding hydrogens is 295 g/mol. The van der Waals surface area contributed by atoms with Gasteiger partial charge in [0.1, 0.15) is 0 Å². The molecule has 0 aromatic heterocycles. The molecule has 0 atom stereocenters. The molecule has 0 spiro atoms. The molecule has 0 fully saturated rings. The lowest BCUT2D eigenvalue weighted by Gasteiger charge is -1.98. The number of benzene rings is 1. The third-order valence-electron chi connectivity index (χ3n) is 2.02. The summed E-state index contributed by atoms with van der Waals surface area (Å²) in [6, 6.07) is 4.99. The van der Waals surface area contributed by atoms with Crippen LogP contribution in [0.5, 0.6) is 0 Å². The van der Waals surface area contributed by atoms with Crippen LogP contribution < -0.4 is 5.43 Å². The van der Waals surface area contributed by atoms with Crippen molar-refractivity contribution in [3.8, 4) is 0 Å². The molecule has 18 heavy (non-hydrogen) atoms. The number of halogens is 2. The lowest BCUT2D eigenvalue weighted by atomic mass is 10.2. The number of hydrazone groups is 1. The van der Waals surface area contributed by atoms with E-state index in [-0.39, 0.29) is 0 Å². The van der Waals surface area contributed by atoms with E-state index in [1.807, 2.05) is 0 Å². The van der Waals surface area contributed by atoms with Gasteiger partial charge in [0.15, 0.2) is 9.84 Å². The molecule has 0 amide bonds. The smallest absolute Gasteiger partial charge is 0.195 e. The van der Waals surface area contributed by atoms with Gasteiger partial charge in [-0.15, -0.1) is 0 Å². The fourth-order valence-corrected chi connectivity index (χ4v) is 2.76. The van der Waals surface area contributed by atoms with Gasteiger partial charge in [-0.2, -0.15) is 5.10 Å². The summed E-state index contributed by atoms with van der Waals surface area (Å²) < 4.78 is 22.1. The van der Waals surface area contributed by atoms with Crippen molar-refractivity contribution in [1.29, 1.82) is 0 Å². The monoisotopic (exact) mass is 302 g/mol. The van der Waals surface area contributed by atoms with E-state index in [9.17, 15) is 8.42 Å². The highest BCUT2D eigenvalue weighted by Crippen LogP contribution is 2.18. The van der Waals surface area contributed by atoms with Crippen LogP contribution in [0.2, 0.25) is 10.0 Å². The quantitative estimate of drug-likeness (QED) is 0.690. The minimum atomic E-state index is -3.23. The molecule has 1 N–H and O–H groups in total. The summed E-state index contributed by atoms with van der Waals surface area (Å²) in [5, 5.41) is 7.10. The summed E-state index contributed by atoms with van der Waals surface area (Å²) >= 11 is 11.7. The van der Waals surface area contributed by atoms with Crippen LogP contribution >= 0.6 is 23.2 Å². The fraction of sp³-hybridized carbons (Fsp3) is 0. The largest absolute Gasteiger partial charge is 0.278 e. The average Bonchev–Trinajstić information content (AvgIpc) is 2.57. The Labute approximate surface area is 115 Å². The minimum Gasteiger partial charge on any atom is -0.278 e. The zero-order valence-electron chi connectivity index (χ0n) is 8.97. The third-order valence-corrected chi connectivity index (χ3v) is 3.56. The van der Waals surface area contributed by atoms with Crippen molar-refractivity contribution in [2.24, 2.45) is 5.10 Å². The van der Waals surface area contributed by atoms with Gasteiger partial charge in [0.05, 0.1) is 17.3 Å². The summed E-state index contributed by atoms with van der Waals surface area (Å²) in [6.07, 6.45) is 2.93. The molecule has 0 saturated carbocycles. The Morgan fingerprint density at radius 1 is 1.17 bits per heavy atom. The van der Waals surface area contributed by atoms with E-state index in [1.54, 1.807) is 18.2 Å². The van der Waals surface area contributed by atoms with Gasteiger partial charge in [-0.3, -0.25) is 5.43 Å². The van der Waals surface area contributed by atoms with Gasteiger partial charge < -0.3 is 0 Å². The second-order valence-electron chi connectivity index (χ2n) is 3.54. The summed E-state index contributed by atoms with van der Waals surface area (Å²) in [7, 11) is -3.23. The van der Waals surface area contributed by atoms with Gasteiger partial charge in [-0.05, 0) is 29.8 Å². The summed E-state index contributed by atoms with van der Waals surface area (Å²) in [6.45, 7) is 0. The van der Waals surface area contributed by atoms with Gasteiger partial charge in [-0.1, -0.05) is 23.2 Å². The molecule has 0 unspecified atom stereocenters. The fourth-order valence-electron chi connectivity index (χ4n) is 1.32. The maximum absolute atomic E-state index is 11.1. The van der Waals surface area contributed by atoms with E-state index in [2.05, 4.69) is 10.5 Å². The van der Waals surface area contributed by atoms with Crippen molar-refractivity contribution < 1.29 is 8.42 Å². The van der Waals surface area contributed by atoms with Crippen LogP contribution in [0.3, 0.4) is 0 Å². The number of allylic oxidation sites excluding steroid dienone is 1. The van der Waals surface area contributed by atoms with Gasteiger partial charge in [0, 0.05) is 15.5 Å². The van der Waals surface area contributed by atoms with E-state index < -0.39 is 9.84 Å². The first-order chi connectivity index (χ1) is 8.44. The molecule has 1 aliphatic rings. The SMILES string of the molecule is O=S1(=O)C=CC(NN=Cc2cc(Cl)cc(Cl)c2)=C1. The molecule has 0 radical (unpaired) electrons. The Bertz CT molecular complexity index is 643. The molecule has 2 rings (SSSR count). The van der Waals surface area contributed by atoms with Crippen LogP contribution in [0.25, 0.3) is 0 Å². The molecule has 0 saturated heterocycles. The molecule has 1 aromatic rings. The lowest BCUT2D eigenvalue weighted by molar-refractivity contribution is 0.613. The highest BCUT2D eigenvalue weighted by atomic mass is 35.5. The predicted octanol–water partition coefficient (Wildman–Crippen LogP) is 2.70. The Morgan fingerprint density at radius 2 is 1.83 bits per heavy atom. The molecular formula is C11H8Cl2N2O2S. The van der Waals surface area contributed by atoms with Crippen molar-refractivity contribution in [2.75, 3.05) is 0 Å². The van der Waals surface area contributed by atoms with E-state index in [0.717, 1.165) is 10.8 Å². The molecule has 1 aliphatic heterocycles. The summed E-state index contributed by atoms with van der Waals surface area (Å²) in [5.74, 6) is 0. The van der Waals surface area contributed by atoms with Crippen LogP contribution in [-0.2, 0) is 9.84 Å². The second kappa shape index (κ2) is 5.14. The summed E-state index contributed by atoms with van der Waals surface area (Å²) in [4.78, 5) is 0. The third kappa shape index (κ3) is 3.60. The highest BCUT2D eigenvalue weighted by Gasteiger charge is 2.09. The summed E-state index contributed by atoms with van der Waals surface area (Å²) in [5.41, 5.74) is 3.72. The zero-order valence-corrected chi connectivity index (χ0v) is 11.3. The van der Waals surface area contributed by atoms with E-state index in [4.69, 9.17) is 23.2 Å². The predicted molar refractivity (Wildman–Crippen MR) is 73.3 cm³/mol. The van der Waals surface area contributed by atoms with Crippen molar-refractivity contribution in [1.82, 2.24) is 5.43 Å². The Kier molecular flexibility index (Phi) is 3.75. The zero-order chi connectivity index (χ0) is 13.2. The van der Waals surface area contributed by atoms with Crippen molar-refractivity contribution in [3.05, 3.63) is 56.4 Å². The molecule has 94 valence electrons. The molecule has 1 aromatic carbocycles. The normalized spacial score (nSPS) is 17.1. The van der Waals surface area contributed by atoms with Crippen LogP contribution in [0, 0.1) is 0 Å². The standard InChI is InChI=1S/C11H8Cl2N2O2S/c12-9-3-8(4-10(13)5-9)6-14-15-11-1-2-18(16,17)7-11/h1-7,15H. The van der Waals surface area contributed by atoms with Gasteiger partial charge in [-0.25, -0.2) is 8.42 Å². The first-order valence-electron chi connectivity index (χ1n) is 4.85. The molecule has 1 heterocycles. The molecule has 4 nitrogen and oxygen atoms in total. The number of hydrogen-bond donors (Lipinski definition) is 1. The Hall–Kier alpha value is -1.30. The average molecular weight is 303 g/mol. The lowest BCUT2D eigenvalue weighted by Crippen LogP contribution is -2.02. The van der Waals surface area contributed by atoms with Crippen molar-refractivity contribution in [3.63, 3.8) is 0 Å². The molecule has 7 heteroatoms. The highest BCUT2D eigenvalue weighted by molar-refractivity contribution is 7.97. The van der Waals surface area contributed by atoms with Crippen LogP contribution in [0.4, 0.5) is 0 Å². The first-order valence-corrected chi connectivity index (χ1v) is 7.21. The second-order valence-corrected chi connectivity index (χ2v) is 6.10. The number of nitrogens with zero attached hydrogens (tertiary/aromatic N) is 1. The number of sulfone groups is 1. The van der Waals surface area contributed by atoms with Crippen LogP contribution in [-0.4, -0.2) is 14.6 Å². The molecule has 0 aliphatic carbocycles. The van der Waals surface area contributed by atoms with Crippen molar-refractivity contribution in [2.45, 2.75) is 0 Å². The van der Waals surface area contributed by atoms with E-state index in [1.165, 1.54) is 12.3 Å². The van der Waals surface area contributed by atoms with Crippen LogP contribution in [0.15, 0.2) is 45.9 Å². The maximum atomic E-state index is 11.1. The van der Waals surface area contributed by atoms with Crippen molar-refractivity contribution >= 4 is 39.3 Å². The maximum Gasteiger partial charge on any atom is 0.195 e. The van der Waals surface area contributed by atoms with Gasteiger partial charge in [0.2, 0.25) is 0 Å². The topological polar surface area (TPSA) is 58.5 Å². The van der Waals surface area contributed by atoms with E-state index in [0.29, 0.717) is 21.3 Å². The Balaban J connectivity index is 2.07. The van der Waals surface area contributed by atoms with Gasteiger partial charge in [0.25, 0.3) is 0 Å².